The summed E-state index contributed by atoms with van der Waals surface area (Å²) in [6.07, 6.45) is 3.53. The van der Waals surface area contributed by atoms with E-state index in [1.165, 1.54) is 16.8 Å². The molecule has 8 heteroatoms. The zero-order chi connectivity index (χ0) is 15.8. The molecule has 1 saturated heterocycles. The van der Waals surface area contributed by atoms with Crippen LogP contribution in [0.25, 0.3) is 10.2 Å². The molecule has 2 aliphatic heterocycles. The number of fused-ring (bicyclic) bond motifs is 3. The molecule has 0 saturated carbocycles. The number of thiophene rings is 1. The normalized spacial score (nSPS) is 18.5. The average molecular weight is 352 g/mol. The highest BCUT2D eigenvalue weighted by Crippen LogP contribution is 2.36. The number of hydrogen-bond donors (Lipinski definition) is 1. The van der Waals surface area contributed by atoms with Crippen molar-refractivity contribution in [2.75, 3.05) is 32.7 Å². The molecule has 0 unspecified atom stereocenters. The van der Waals surface area contributed by atoms with Crippen molar-refractivity contribution in [3.8, 4) is 0 Å². The maximum atomic E-state index is 11.5. The molecule has 2 aromatic heterocycles. The van der Waals surface area contributed by atoms with E-state index in [9.17, 15) is 4.79 Å². The van der Waals surface area contributed by atoms with Gasteiger partial charge in [-0.05, 0) is 18.4 Å². The predicted molar refractivity (Wildman–Crippen MR) is 91.0 cm³/mol. The quantitative estimate of drug-likeness (QED) is 0.857. The van der Waals surface area contributed by atoms with Crippen molar-refractivity contribution in [2.45, 2.75) is 19.4 Å². The van der Waals surface area contributed by atoms with Gasteiger partial charge in [-0.1, -0.05) is 11.6 Å². The molecule has 0 bridgehead atoms. The molecule has 1 N–H and O–H groups in total. The largest absolute Gasteiger partial charge is 0.336 e. The maximum Gasteiger partial charge on any atom is 0.317 e. The topological polar surface area (TPSA) is 61.4 Å². The minimum Gasteiger partial charge on any atom is -0.336 e. The zero-order valence-corrected chi connectivity index (χ0v) is 14.3. The van der Waals surface area contributed by atoms with E-state index in [-0.39, 0.29) is 6.03 Å². The van der Waals surface area contributed by atoms with Crippen molar-refractivity contribution in [3.63, 3.8) is 0 Å². The summed E-state index contributed by atoms with van der Waals surface area (Å²) in [6, 6.07) is 0.0728. The summed E-state index contributed by atoms with van der Waals surface area (Å²) < 4.78 is 0. The molecule has 122 valence electrons. The Kier molecular flexibility index (Phi) is 4.09. The molecule has 6 nitrogen and oxygen atoms in total. The predicted octanol–water partition coefficient (Wildman–Crippen LogP) is 2.12. The summed E-state index contributed by atoms with van der Waals surface area (Å²) in [7, 11) is 0. The summed E-state index contributed by atoms with van der Waals surface area (Å²) in [6.45, 7) is 5.41. The third-order valence-electron chi connectivity index (χ3n) is 4.52. The van der Waals surface area contributed by atoms with Crippen molar-refractivity contribution in [2.24, 2.45) is 0 Å². The highest BCUT2D eigenvalue weighted by molar-refractivity contribution is 7.19. The molecule has 0 radical (unpaired) electrons. The van der Waals surface area contributed by atoms with E-state index in [4.69, 9.17) is 11.6 Å². The first kappa shape index (κ1) is 15.1. The Morgan fingerprint density at radius 1 is 1.30 bits per heavy atom. The number of aromatic nitrogens is 2. The van der Waals surface area contributed by atoms with Crippen LogP contribution in [0.2, 0.25) is 5.15 Å². The van der Waals surface area contributed by atoms with E-state index in [1.807, 2.05) is 4.90 Å². The van der Waals surface area contributed by atoms with E-state index in [0.29, 0.717) is 5.15 Å². The molecular formula is C15H18ClN5OS. The van der Waals surface area contributed by atoms with Gasteiger partial charge in [0.1, 0.15) is 16.3 Å². The summed E-state index contributed by atoms with van der Waals surface area (Å²) in [5.74, 6) is 0. The van der Waals surface area contributed by atoms with Crippen molar-refractivity contribution in [1.29, 1.82) is 0 Å². The molecule has 2 amide bonds. The maximum absolute atomic E-state index is 11.5. The first-order chi connectivity index (χ1) is 11.2. The number of rotatable bonds is 4. The molecule has 23 heavy (non-hydrogen) atoms. The van der Waals surface area contributed by atoms with Gasteiger partial charge in [-0.15, -0.1) is 11.3 Å². The van der Waals surface area contributed by atoms with Crippen molar-refractivity contribution < 1.29 is 4.79 Å². The number of halogens is 1. The van der Waals surface area contributed by atoms with Gasteiger partial charge in [-0.25, -0.2) is 14.8 Å². The molecule has 0 aliphatic carbocycles. The molecule has 1 fully saturated rings. The number of carbonyl (C=O) groups excluding carboxylic acids is 1. The van der Waals surface area contributed by atoms with Crippen LogP contribution in [0.4, 0.5) is 4.79 Å². The third-order valence-corrected chi connectivity index (χ3v) is 5.93. The minimum absolute atomic E-state index is 0.0728. The Morgan fingerprint density at radius 2 is 2.22 bits per heavy atom. The SMILES string of the molecule is O=C1NCCN1CCCN1CCc2c(sc3ncnc(Cl)c23)C1. The molecule has 4 heterocycles. The van der Waals surface area contributed by atoms with Crippen LogP contribution in [-0.4, -0.2) is 58.5 Å². The van der Waals surface area contributed by atoms with Gasteiger partial charge in [0.05, 0.1) is 5.39 Å². The molecule has 0 spiro atoms. The second kappa shape index (κ2) is 6.22. The Bertz CT molecular complexity index is 749. The van der Waals surface area contributed by atoms with Gasteiger partial charge in [0.15, 0.2) is 0 Å². The lowest BCUT2D eigenvalue weighted by atomic mass is 10.1. The van der Waals surface area contributed by atoms with Crippen LogP contribution in [0.3, 0.4) is 0 Å². The van der Waals surface area contributed by atoms with Crippen LogP contribution >= 0.6 is 22.9 Å². The Hall–Kier alpha value is -1.44. The lowest BCUT2D eigenvalue weighted by molar-refractivity contribution is 0.207. The minimum atomic E-state index is 0.0728. The fourth-order valence-electron chi connectivity index (χ4n) is 3.34. The molecule has 0 aromatic carbocycles. The number of nitrogens with one attached hydrogen (secondary N) is 1. The Labute approximate surface area is 143 Å². The number of carbonyl (C=O) groups is 1. The lowest BCUT2D eigenvalue weighted by Crippen LogP contribution is -2.34. The first-order valence-corrected chi connectivity index (χ1v) is 9.07. The second-order valence-corrected chi connectivity index (χ2v) is 7.39. The van der Waals surface area contributed by atoms with Gasteiger partial charge < -0.3 is 10.2 Å². The number of urea groups is 1. The number of nitrogens with zero attached hydrogens (tertiary/aromatic N) is 4. The van der Waals surface area contributed by atoms with Crippen LogP contribution in [0.5, 0.6) is 0 Å². The summed E-state index contributed by atoms with van der Waals surface area (Å²) in [5.41, 5.74) is 1.32. The Balaban J connectivity index is 1.40. The van der Waals surface area contributed by atoms with E-state index in [0.717, 1.165) is 62.3 Å². The summed E-state index contributed by atoms with van der Waals surface area (Å²) in [4.78, 5) is 26.7. The summed E-state index contributed by atoms with van der Waals surface area (Å²) in [5, 5.41) is 4.46. The third kappa shape index (κ3) is 2.88. The molecule has 4 rings (SSSR count). The lowest BCUT2D eigenvalue weighted by Gasteiger charge is -2.27. The summed E-state index contributed by atoms with van der Waals surface area (Å²) >= 11 is 7.97. The van der Waals surface area contributed by atoms with Gasteiger partial charge in [-0.3, -0.25) is 4.90 Å². The van der Waals surface area contributed by atoms with Crippen molar-refractivity contribution >= 4 is 39.2 Å². The zero-order valence-electron chi connectivity index (χ0n) is 12.7. The molecule has 0 atom stereocenters. The molecule has 2 aliphatic rings. The van der Waals surface area contributed by atoms with E-state index in [2.05, 4.69) is 20.2 Å². The van der Waals surface area contributed by atoms with E-state index in [1.54, 1.807) is 11.3 Å². The fraction of sp³-hybridized carbons (Fsp3) is 0.533. The van der Waals surface area contributed by atoms with E-state index >= 15 is 0 Å². The fourth-order valence-corrected chi connectivity index (χ4v) is 4.88. The number of hydrogen-bond acceptors (Lipinski definition) is 5. The smallest absolute Gasteiger partial charge is 0.317 e. The monoisotopic (exact) mass is 351 g/mol. The van der Waals surface area contributed by atoms with Crippen molar-refractivity contribution in [1.82, 2.24) is 25.1 Å². The number of amides is 2. The van der Waals surface area contributed by atoms with Crippen LogP contribution in [0.1, 0.15) is 16.9 Å². The Morgan fingerprint density at radius 3 is 3.04 bits per heavy atom. The van der Waals surface area contributed by atoms with Gasteiger partial charge >= 0.3 is 6.03 Å². The average Bonchev–Trinajstić information content (AvgIpc) is 3.11. The van der Waals surface area contributed by atoms with Crippen molar-refractivity contribution in [3.05, 3.63) is 21.9 Å². The van der Waals surface area contributed by atoms with Crippen LogP contribution in [0, 0.1) is 0 Å². The standard InChI is InChI=1S/C15H18ClN5OS/c16-13-12-10-2-6-20(4-1-5-21-7-3-17-15(21)22)8-11(10)23-14(12)19-9-18-13/h9H,1-8H2,(H,17,22). The van der Waals surface area contributed by atoms with Crippen LogP contribution < -0.4 is 5.32 Å². The van der Waals surface area contributed by atoms with E-state index < -0.39 is 0 Å². The highest BCUT2D eigenvalue weighted by Gasteiger charge is 2.24. The van der Waals surface area contributed by atoms with Gasteiger partial charge in [0, 0.05) is 44.1 Å². The first-order valence-electron chi connectivity index (χ1n) is 7.88. The van der Waals surface area contributed by atoms with Gasteiger partial charge in [0.2, 0.25) is 0 Å². The van der Waals surface area contributed by atoms with Crippen LogP contribution in [-0.2, 0) is 13.0 Å². The van der Waals surface area contributed by atoms with Gasteiger partial charge in [-0.2, -0.15) is 0 Å². The molecule has 2 aromatic rings. The highest BCUT2D eigenvalue weighted by atomic mass is 35.5. The second-order valence-electron chi connectivity index (χ2n) is 5.95. The molecular weight excluding hydrogens is 334 g/mol. The van der Waals surface area contributed by atoms with Crippen LogP contribution in [0.15, 0.2) is 6.33 Å². The van der Waals surface area contributed by atoms with Gasteiger partial charge in [0.25, 0.3) is 0 Å².